The Morgan fingerprint density at radius 2 is 1.64 bits per heavy atom. The first-order valence-corrected chi connectivity index (χ1v) is 9.15. The van der Waals surface area contributed by atoms with Crippen molar-refractivity contribution in [3.05, 3.63) is 71.5 Å². The summed E-state index contributed by atoms with van der Waals surface area (Å²) >= 11 is 5.76. The van der Waals surface area contributed by atoms with Gasteiger partial charge in [-0.25, -0.2) is 8.42 Å². The predicted octanol–water partition coefficient (Wildman–Crippen LogP) is 2.94. The zero-order chi connectivity index (χ0) is 17.7. The Labute approximate surface area is 150 Å². The Kier molecular flexibility index (Phi) is 5.11. The van der Waals surface area contributed by atoms with Crippen molar-refractivity contribution >= 4 is 33.3 Å². The van der Waals surface area contributed by atoms with Crippen LogP contribution in [0.25, 0.3) is 0 Å². The molecule has 0 aliphatic heterocycles. The lowest BCUT2D eigenvalue weighted by molar-refractivity contribution is 0.601. The molecule has 25 heavy (non-hydrogen) atoms. The van der Waals surface area contributed by atoms with Gasteiger partial charge in [0.05, 0.1) is 17.1 Å². The van der Waals surface area contributed by atoms with Crippen LogP contribution in [-0.2, 0) is 16.6 Å². The Balaban J connectivity index is 1.65. The number of halogens is 1. The molecule has 2 N–H and O–H groups in total. The van der Waals surface area contributed by atoms with Crippen molar-refractivity contribution in [3.63, 3.8) is 0 Å². The fraction of sp³-hybridized carbons (Fsp3) is 0.0625. The summed E-state index contributed by atoms with van der Waals surface area (Å²) < 4.78 is 26.9. The second kappa shape index (κ2) is 7.45. The summed E-state index contributed by atoms with van der Waals surface area (Å²) in [6, 6.07) is 14.6. The van der Waals surface area contributed by atoms with Gasteiger partial charge in [-0.2, -0.15) is 0 Å². The maximum absolute atomic E-state index is 12.3. The number of hydrogen-bond donors (Lipinski definition) is 2. The number of hydrogen-bond acceptors (Lipinski definition) is 6. The van der Waals surface area contributed by atoms with Gasteiger partial charge in [-0.15, -0.1) is 10.2 Å². The summed E-state index contributed by atoms with van der Waals surface area (Å²) in [4.78, 5) is 4.28. The summed E-state index contributed by atoms with van der Waals surface area (Å²) in [5.41, 5.74) is 0.858. The van der Waals surface area contributed by atoms with Crippen molar-refractivity contribution in [2.75, 3.05) is 10.0 Å². The summed E-state index contributed by atoms with van der Waals surface area (Å²) in [5.74, 6) is 0.637. The molecular weight excluding hydrogens is 362 g/mol. The van der Waals surface area contributed by atoms with Gasteiger partial charge in [0.1, 0.15) is 5.82 Å². The SMILES string of the molecule is O=S(=O)(Nc1ccc(NCc2ccccn2)nn1)c1ccc(Cl)cc1. The number of aromatic nitrogens is 3. The molecule has 9 heteroatoms. The Morgan fingerprint density at radius 1 is 0.920 bits per heavy atom. The van der Waals surface area contributed by atoms with Crippen LogP contribution in [0.5, 0.6) is 0 Å². The van der Waals surface area contributed by atoms with Crippen molar-refractivity contribution in [1.29, 1.82) is 0 Å². The van der Waals surface area contributed by atoms with Gasteiger partial charge in [0.2, 0.25) is 0 Å². The lowest BCUT2D eigenvalue weighted by atomic mass is 10.3. The highest BCUT2D eigenvalue weighted by Gasteiger charge is 2.14. The zero-order valence-electron chi connectivity index (χ0n) is 12.9. The number of rotatable bonds is 6. The van der Waals surface area contributed by atoms with E-state index >= 15 is 0 Å². The van der Waals surface area contributed by atoms with E-state index in [0.29, 0.717) is 17.4 Å². The monoisotopic (exact) mass is 375 g/mol. The van der Waals surface area contributed by atoms with Crippen LogP contribution in [-0.4, -0.2) is 23.6 Å². The van der Waals surface area contributed by atoms with Crippen LogP contribution in [0.3, 0.4) is 0 Å². The van der Waals surface area contributed by atoms with Crippen molar-refractivity contribution in [1.82, 2.24) is 15.2 Å². The molecule has 0 aliphatic rings. The minimum atomic E-state index is -3.74. The van der Waals surface area contributed by atoms with Crippen molar-refractivity contribution < 1.29 is 8.42 Å². The van der Waals surface area contributed by atoms with Gasteiger partial charge >= 0.3 is 0 Å². The molecule has 2 aromatic heterocycles. The van der Waals surface area contributed by atoms with E-state index in [4.69, 9.17) is 11.6 Å². The normalized spacial score (nSPS) is 11.1. The third kappa shape index (κ3) is 4.65. The fourth-order valence-electron chi connectivity index (χ4n) is 1.98. The molecule has 1 aromatic carbocycles. The molecular formula is C16H14ClN5O2S. The standard InChI is InChI=1S/C16H14ClN5O2S/c17-12-4-6-14(7-5-12)25(23,24)22-16-9-8-15(20-21-16)19-11-13-3-1-2-10-18-13/h1-10H,11H2,(H,19,20)(H,21,22). The predicted molar refractivity (Wildman–Crippen MR) is 95.9 cm³/mol. The molecule has 0 unspecified atom stereocenters. The highest BCUT2D eigenvalue weighted by molar-refractivity contribution is 7.92. The third-order valence-electron chi connectivity index (χ3n) is 3.20. The number of nitrogens with zero attached hydrogens (tertiary/aromatic N) is 3. The van der Waals surface area contributed by atoms with E-state index in [1.807, 2.05) is 18.2 Å². The molecule has 0 saturated heterocycles. The number of anilines is 2. The molecule has 0 radical (unpaired) electrons. The first-order valence-electron chi connectivity index (χ1n) is 7.29. The fourth-order valence-corrected chi connectivity index (χ4v) is 3.10. The van der Waals surface area contributed by atoms with Crippen LogP contribution in [0.4, 0.5) is 11.6 Å². The second-order valence-corrected chi connectivity index (χ2v) is 7.16. The number of sulfonamides is 1. The van der Waals surface area contributed by atoms with Crippen LogP contribution < -0.4 is 10.0 Å². The van der Waals surface area contributed by atoms with Crippen LogP contribution in [0.2, 0.25) is 5.02 Å². The Bertz CT molecular complexity index is 933. The quantitative estimate of drug-likeness (QED) is 0.687. The van der Waals surface area contributed by atoms with Gasteiger partial charge in [-0.1, -0.05) is 17.7 Å². The first kappa shape index (κ1) is 17.1. The molecule has 0 saturated carbocycles. The lowest BCUT2D eigenvalue weighted by Crippen LogP contribution is -2.14. The van der Waals surface area contributed by atoms with E-state index in [1.54, 1.807) is 12.3 Å². The molecule has 0 amide bonds. The minimum absolute atomic E-state index is 0.0936. The molecule has 3 rings (SSSR count). The Hall–Kier alpha value is -2.71. The summed E-state index contributed by atoms with van der Waals surface area (Å²) in [5, 5.41) is 11.3. The smallest absolute Gasteiger partial charge is 0.263 e. The van der Waals surface area contributed by atoms with Crippen LogP contribution >= 0.6 is 11.6 Å². The molecule has 0 bridgehead atoms. The molecule has 0 spiro atoms. The topological polar surface area (TPSA) is 96.9 Å². The summed E-state index contributed by atoms with van der Waals surface area (Å²) in [6.07, 6.45) is 1.71. The van der Waals surface area contributed by atoms with Gasteiger partial charge in [-0.3, -0.25) is 9.71 Å². The highest BCUT2D eigenvalue weighted by atomic mass is 35.5. The molecule has 0 aliphatic carbocycles. The van der Waals surface area contributed by atoms with Crippen LogP contribution in [0, 0.1) is 0 Å². The third-order valence-corrected chi connectivity index (χ3v) is 4.83. The molecule has 7 nitrogen and oxygen atoms in total. The van der Waals surface area contributed by atoms with Crippen LogP contribution in [0.1, 0.15) is 5.69 Å². The van der Waals surface area contributed by atoms with E-state index in [0.717, 1.165) is 5.69 Å². The Morgan fingerprint density at radius 3 is 2.28 bits per heavy atom. The van der Waals surface area contributed by atoms with Gasteiger partial charge in [0, 0.05) is 11.2 Å². The molecule has 3 aromatic rings. The van der Waals surface area contributed by atoms with E-state index < -0.39 is 10.0 Å². The molecule has 0 atom stereocenters. The average Bonchev–Trinajstić information content (AvgIpc) is 2.62. The number of nitrogens with one attached hydrogen (secondary N) is 2. The van der Waals surface area contributed by atoms with Crippen molar-refractivity contribution in [2.24, 2.45) is 0 Å². The van der Waals surface area contributed by atoms with E-state index in [9.17, 15) is 8.42 Å². The molecule has 0 fully saturated rings. The average molecular weight is 376 g/mol. The molecule has 128 valence electrons. The van der Waals surface area contributed by atoms with E-state index in [1.165, 1.54) is 30.3 Å². The van der Waals surface area contributed by atoms with Gasteiger partial charge < -0.3 is 5.32 Å². The van der Waals surface area contributed by atoms with Gasteiger partial charge in [0.25, 0.3) is 10.0 Å². The van der Waals surface area contributed by atoms with Gasteiger partial charge in [-0.05, 0) is 48.5 Å². The van der Waals surface area contributed by atoms with Crippen molar-refractivity contribution in [3.8, 4) is 0 Å². The number of pyridine rings is 1. The zero-order valence-corrected chi connectivity index (χ0v) is 14.5. The number of benzene rings is 1. The van der Waals surface area contributed by atoms with Crippen molar-refractivity contribution in [2.45, 2.75) is 11.4 Å². The molecule has 2 heterocycles. The largest absolute Gasteiger partial charge is 0.363 e. The summed E-state index contributed by atoms with van der Waals surface area (Å²) in [7, 11) is -3.74. The van der Waals surface area contributed by atoms with Gasteiger partial charge in [0.15, 0.2) is 5.82 Å². The first-order chi connectivity index (χ1) is 12.0. The van der Waals surface area contributed by atoms with E-state index in [-0.39, 0.29) is 10.7 Å². The second-order valence-electron chi connectivity index (χ2n) is 5.04. The highest BCUT2D eigenvalue weighted by Crippen LogP contribution is 2.17. The maximum Gasteiger partial charge on any atom is 0.263 e. The van der Waals surface area contributed by atoms with E-state index in [2.05, 4.69) is 25.2 Å². The minimum Gasteiger partial charge on any atom is -0.363 e. The summed E-state index contributed by atoms with van der Waals surface area (Å²) in [6.45, 7) is 0.491. The van der Waals surface area contributed by atoms with Crippen LogP contribution in [0.15, 0.2) is 65.7 Å². The maximum atomic E-state index is 12.3. The lowest BCUT2D eigenvalue weighted by Gasteiger charge is -2.08.